The monoisotopic (exact) mass is 245 g/mol. The van der Waals surface area contributed by atoms with Gasteiger partial charge in [0, 0.05) is 5.69 Å². The van der Waals surface area contributed by atoms with Crippen LogP contribution in [0.2, 0.25) is 0 Å². The summed E-state index contributed by atoms with van der Waals surface area (Å²) in [6.45, 7) is -0.436. The minimum Gasteiger partial charge on any atom is -0.394 e. The van der Waals surface area contributed by atoms with Crippen LogP contribution < -0.4 is 5.73 Å². The third kappa shape index (κ3) is 1.98. The Morgan fingerprint density at radius 1 is 1.41 bits per heavy atom. The molecule has 0 spiro atoms. The fourth-order valence-corrected chi connectivity index (χ4v) is 1.66. The first-order valence-electron chi connectivity index (χ1n) is 4.85. The summed E-state index contributed by atoms with van der Waals surface area (Å²) in [5.74, 6) is -1.04. The Morgan fingerprint density at radius 3 is 2.71 bits per heavy atom. The Morgan fingerprint density at radius 2 is 2.12 bits per heavy atom. The number of aliphatic hydroxyl groups is 1. The summed E-state index contributed by atoms with van der Waals surface area (Å²) >= 11 is 0. The summed E-state index contributed by atoms with van der Waals surface area (Å²) in [7, 11) is 0. The molecule has 4 nitrogen and oxygen atoms in total. The van der Waals surface area contributed by atoms with Crippen molar-refractivity contribution >= 4 is 5.52 Å². The number of fused-ring (bicyclic) bond motifs is 1. The van der Waals surface area contributed by atoms with E-state index in [0.29, 0.717) is 5.52 Å². The highest BCUT2D eigenvalue weighted by molar-refractivity contribution is 5.48. The fraction of sp³-hybridized carbons (Fsp3) is 0.300. The molecule has 0 aliphatic carbocycles. The lowest BCUT2D eigenvalue weighted by Crippen LogP contribution is -2.21. The largest absolute Gasteiger partial charge is 0.450 e. The highest BCUT2D eigenvalue weighted by Gasteiger charge is 2.36. The molecule has 7 heteroatoms. The number of nitrogens with two attached hydrogens (primary N) is 1. The maximum Gasteiger partial charge on any atom is 0.450 e. The van der Waals surface area contributed by atoms with Crippen molar-refractivity contribution in [2.75, 3.05) is 6.61 Å². The highest BCUT2D eigenvalue weighted by Crippen LogP contribution is 2.30. The number of aromatic nitrogens is 2. The highest BCUT2D eigenvalue weighted by atomic mass is 19.4. The first kappa shape index (κ1) is 11.9. The van der Waals surface area contributed by atoms with Crippen molar-refractivity contribution < 1.29 is 18.3 Å². The van der Waals surface area contributed by atoms with Gasteiger partial charge < -0.3 is 10.8 Å². The van der Waals surface area contributed by atoms with Gasteiger partial charge in [0.25, 0.3) is 0 Å². The molecule has 2 aromatic heterocycles. The average Bonchev–Trinajstić information content (AvgIpc) is 2.70. The molecular weight excluding hydrogens is 235 g/mol. The minimum absolute atomic E-state index is 0.176. The molecule has 92 valence electrons. The summed E-state index contributed by atoms with van der Waals surface area (Å²) in [5.41, 5.74) is 6.03. The van der Waals surface area contributed by atoms with Gasteiger partial charge in [0.05, 0.1) is 24.4 Å². The molecule has 1 unspecified atom stereocenters. The van der Waals surface area contributed by atoms with E-state index in [-0.39, 0.29) is 5.69 Å². The molecule has 17 heavy (non-hydrogen) atoms. The fourth-order valence-electron chi connectivity index (χ4n) is 1.66. The normalized spacial score (nSPS) is 14.2. The molecular formula is C10H10F3N3O. The lowest BCUT2D eigenvalue weighted by atomic mass is 10.2. The summed E-state index contributed by atoms with van der Waals surface area (Å²) in [5, 5.41) is 8.94. The van der Waals surface area contributed by atoms with Crippen molar-refractivity contribution in [1.29, 1.82) is 0 Å². The van der Waals surface area contributed by atoms with E-state index in [1.807, 2.05) is 0 Å². The molecule has 2 aromatic rings. The number of hydrogen-bond donors (Lipinski definition) is 2. The lowest BCUT2D eigenvalue weighted by Gasteiger charge is -2.14. The van der Waals surface area contributed by atoms with Gasteiger partial charge in [-0.25, -0.2) is 4.98 Å². The predicted octanol–water partition coefficient (Wildman–Crippen LogP) is 1.35. The molecule has 0 bridgehead atoms. The average molecular weight is 245 g/mol. The van der Waals surface area contributed by atoms with Gasteiger partial charge in [-0.2, -0.15) is 13.2 Å². The standard InChI is InChI=1S/C10H10F3N3O/c11-10(12,13)9-15-4-6-2-1-3-8(16(6)9)7(14)5-17/h1-4,7,17H,5,14H2. The molecule has 0 aliphatic heterocycles. The number of rotatable bonds is 2. The topological polar surface area (TPSA) is 63.5 Å². The molecule has 0 saturated heterocycles. The molecule has 1 atom stereocenters. The Balaban J connectivity index is 2.72. The van der Waals surface area contributed by atoms with E-state index >= 15 is 0 Å². The van der Waals surface area contributed by atoms with Crippen LogP contribution in [0.1, 0.15) is 17.6 Å². The maximum atomic E-state index is 12.7. The van der Waals surface area contributed by atoms with Gasteiger partial charge in [0.1, 0.15) is 0 Å². The molecule has 0 amide bonds. The van der Waals surface area contributed by atoms with Crippen molar-refractivity contribution in [2.24, 2.45) is 5.73 Å². The SMILES string of the molecule is NC(CO)c1cccc2cnc(C(F)(F)F)n12. The smallest absolute Gasteiger partial charge is 0.394 e. The van der Waals surface area contributed by atoms with Crippen LogP contribution in [0.4, 0.5) is 13.2 Å². The quantitative estimate of drug-likeness (QED) is 0.839. The van der Waals surface area contributed by atoms with E-state index in [4.69, 9.17) is 10.8 Å². The number of alkyl halides is 3. The number of pyridine rings is 1. The Kier molecular flexibility index (Phi) is 2.80. The van der Waals surface area contributed by atoms with Crippen LogP contribution >= 0.6 is 0 Å². The summed E-state index contributed by atoms with van der Waals surface area (Å²) in [6, 6.07) is 3.62. The van der Waals surface area contributed by atoms with Crippen molar-refractivity contribution in [3.05, 3.63) is 35.9 Å². The molecule has 0 aromatic carbocycles. The van der Waals surface area contributed by atoms with Gasteiger partial charge >= 0.3 is 6.18 Å². The molecule has 2 rings (SSSR count). The van der Waals surface area contributed by atoms with Crippen LogP contribution in [0, 0.1) is 0 Å². The van der Waals surface area contributed by atoms with Crippen LogP contribution in [-0.2, 0) is 6.18 Å². The number of hydrogen-bond acceptors (Lipinski definition) is 3. The van der Waals surface area contributed by atoms with Crippen LogP contribution in [0.3, 0.4) is 0 Å². The predicted molar refractivity (Wildman–Crippen MR) is 54.2 cm³/mol. The van der Waals surface area contributed by atoms with Gasteiger partial charge in [-0.1, -0.05) is 6.07 Å². The summed E-state index contributed by atoms with van der Waals surface area (Å²) in [4.78, 5) is 3.34. The molecule has 3 N–H and O–H groups in total. The van der Waals surface area contributed by atoms with Gasteiger partial charge in [0.2, 0.25) is 5.82 Å². The Hall–Kier alpha value is -1.60. The van der Waals surface area contributed by atoms with E-state index in [2.05, 4.69) is 4.98 Å². The van der Waals surface area contributed by atoms with Crippen molar-refractivity contribution in [2.45, 2.75) is 12.2 Å². The number of halogens is 3. The van der Waals surface area contributed by atoms with Crippen LogP contribution in [0.25, 0.3) is 5.52 Å². The minimum atomic E-state index is -4.56. The van der Waals surface area contributed by atoms with E-state index in [9.17, 15) is 13.2 Å². The number of nitrogens with zero attached hydrogens (tertiary/aromatic N) is 2. The zero-order chi connectivity index (χ0) is 12.6. The van der Waals surface area contributed by atoms with E-state index in [1.54, 1.807) is 6.07 Å². The summed E-state index contributed by atoms with van der Waals surface area (Å²) < 4.78 is 39.1. The molecule has 0 aliphatic rings. The van der Waals surface area contributed by atoms with Gasteiger partial charge in [-0.3, -0.25) is 4.40 Å². The van der Waals surface area contributed by atoms with Gasteiger partial charge in [-0.05, 0) is 12.1 Å². The van der Waals surface area contributed by atoms with Gasteiger partial charge in [0.15, 0.2) is 0 Å². The maximum absolute atomic E-state index is 12.7. The molecule has 2 heterocycles. The third-order valence-electron chi connectivity index (χ3n) is 2.41. The van der Waals surface area contributed by atoms with Crippen molar-refractivity contribution in [3.63, 3.8) is 0 Å². The van der Waals surface area contributed by atoms with E-state index < -0.39 is 24.6 Å². The second kappa shape index (κ2) is 4.01. The first-order chi connectivity index (χ1) is 7.95. The Labute approximate surface area is 94.5 Å². The van der Waals surface area contributed by atoms with E-state index in [0.717, 1.165) is 10.6 Å². The summed E-state index contributed by atoms with van der Waals surface area (Å²) in [6.07, 6.45) is -3.44. The second-order valence-corrected chi connectivity index (χ2v) is 3.58. The Bertz CT molecular complexity index is 535. The van der Waals surface area contributed by atoms with Gasteiger partial charge in [-0.15, -0.1) is 0 Å². The zero-order valence-electron chi connectivity index (χ0n) is 8.65. The van der Waals surface area contributed by atoms with E-state index in [1.165, 1.54) is 12.1 Å². The van der Waals surface area contributed by atoms with Crippen LogP contribution in [0.15, 0.2) is 24.4 Å². The number of aliphatic hydroxyl groups excluding tert-OH is 1. The van der Waals surface area contributed by atoms with Crippen molar-refractivity contribution in [3.8, 4) is 0 Å². The third-order valence-corrected chi connectivity index (χ3v) is 2.41. The number of imidazole rings is 1. The lowest BCUT2D eigenvalue weighted by molar-refractivity contribution is -0.145. The van der Waals surface area contributed by atoms with Crippen LogP contribution in [0.5, 0.6) is 0 Å². The zero-order valence-corrected chi connectivity index (χ0v) is 8.65. The second-order valence-electron chi connectivity index (χ2n) is 3.58. The van der Waals surface area contributed by atoms with Crippen LogP contribution in [-0.4, -0.2) is 21.1 Å². The molecule has 0 fully saturated rings. The first-order valence-corrected chi connectivity index (χ1v) is 4.85. The molecule has 0 radical (unpaired) electrons. The van der Waals surface area contributed by atoms with Crippen molar-refractivity contribution in [1.82, 2.24) is 9.38 Å². The molecule has 0 saturated carbocycles.